The molecule has 0 saturated carbocycles. The fourth-order valence-electron chi connectivity index (χ4n) is 2.41. The molecule has 1 fully saturated rings. The molecule has 0 aromatic heterocycles. The average Bonchev–Trinajstić information content (AvgIpc) is 2.37. The second kappa shape index (κ2) is 6.21. The SMILES string of the molecule is Cc1ccc(OC2CCN(CCN)CC2)cc1C. The average molecular weight is 248 g/mol. The van der Waals surface area contributed by atoms with Crippen LogP contribution in [0.25, 0.3) is 0 Å². The van der Waals surface area contributed by atoms with Crippen LogP contribution in [-0.4, -0.2) is 37.2 Å². The number of benzene rings is 1. The van der Waals surface area contributed by atoms with Crippen LogP contribution in [0.2, 0.25) is 0 Å². The molecule has 1 aromatic carbocycles. The van der Waals surface area contributed by atoms with Crippen molar-refractivity contribution in [3.63, 3.8) is 0 Å². The zero-order valence-corrected chi connectivity index (χ0v) is 11.5. The number of rotatable bonds is 4. The standard InChI is InChI=1S/C15H24N2O/c1-12-3-4-15(11-13(12)2)18-14-5-8-17(9-6-14)10-7-16/h3-4,11,14H,5-10,16H2,1-2H3. The van der Waals surface area contributed by atoms with E-state index >= 15 is 0 Å². The van der Waals surface area contributed by atoms with Gasteiger partial charge in [0.15, 0.2) is 0 Å². The van der Waals surface area contributed by atoms with Gasteiger partial charge in [-0.2, -0.15) is 0 Å². The lowest BCUT2D eigenvalue weighted by molar-refractivity contribution is 0.102. The Hall–Kier alpha value is -1.06. The van der Waals surface area contributed by atoms with E-state index in [0.717, 1.165) is 44.8 Å². The van der Waals surface area contributed by atoms with Crippen molar-refractivity contribution in [3.8, 4) is 5.75 Å². The van der Waals surface area contributed by atoms with Gasteiger partial charge in [0.05, 0.1) is 0 Å². The number of piperidine rings is 1. The molecule has 2 rings (SSSR count). The molecule has 1 aliphatic heterocycles. The Morgan fingerprint density at radius 3 is 2.56 bits per heavy atom. The number of likely N-dealkylation sites (tertiary alicyclic amines) is 1. The fourth-order valence-corrected chi connectivity index (χ4v) is 2.41. The van der Waals surface area contributed by atoms with Gasteiger partial charge < -0.3 is 15.4 Å². The summed E-state index contributed by atoms with van der Waals surface area (Å²) in [6.45, 7) is 8.23. The molecule has 2 N–H and O–H groups in total. The third-order valence-corrected chi connectivity index (χ3v) is 3.76. The van der Waals surface area contributed by atoms with Crippen LogP contribution in [-0.2, 0) is 0 Å². The van der Waals surface area contributed by atoms with Crippen LogP contribution >= 0.6 is 0 Å². The predicted molar refractivity (Wildman–Crippen MR) is 75.1 cm³/mol. The Balaban J connectivity index is 1.85. The first-order chi connectivity index (χ1) is 8.69. The van der Waals surface area contributed by atoms with Gasteiger partial charge in [-0.3, -0.25) is 0 Å². The molecule has 0 spiro atoms. The Kier molecular flexibility index (Phi) is 4.61. The minimum atomic E-state index is 0.362. The van der Waals surface area contributed by atoms with Crippen LogP contribution in [0.15, 0.2) is 18.2 Å². The summed E-state index contributed by atoms with van der Waals surface area (Å²) in [5, 5.41) is 0. The summed E-state index contributed by atoms with van der Waals surface area (Å²) in [6.07, 6.45) is 2.57. The van der Waals surface area contributed by atoms with Crippen LogP contribution in [0.1, 0.15) is 24.0 Å². The van der Waals surface area contributed by atoms with Crippen molar-refractivity contribution < 1.29 is 4.74 Å². The molecule has 1 heterocycles. The summed E-state index contributed by atoms with van der Waals surface area (Å²) in [5.41, 5.74) is 8.19. The molecule has 0 unspecified atom stereocenters. The Bertz CT molecular complexity index is 384. The monoisotopic (exact) mass is 248 g/mol. The quantitative estimate of drug-likeness (QED) is 0.887. The van der Waals surface area contributed by atoms with E-state index in [1.165, 1.54) is 11.1 Å². The van der Waals surface area contributed by atoms with E-state index in [-0.39, 0.29) is 0 Å². The number of hydrogen-bond acceptors (Lipinski definition) is 3. The highest BCUT2D eigenvalue weighted by molar-refractivity contribution is 5.33. The molecule has 0 amide bonds. The first-order valence-corrected chi connectivity index (χ1v) is 6.85. The maximum atomic E-state index is 6.06. The highest BCUT2D eigenvalue weighted by atomic mass is 16.5. The lowest BCUT2D eigenvalue weighted by Gasteiger charge is -2.31. The molecule has 1 saturated heterocycles. The molecular weight excluding hydrogens is 224 g/mol. The molecule has 1 aliphatic rings. The third kappa shape index (κ3) is 3.47. The molecule has 0 aliphatic carbocycles. The minimum Gasteiger partial charge on any atom is -0.490 e. The van der Waals surface area contributed by atoms with Crippen molar-refractivity contribution in [3.05, 3.63) is 29.3 Å². The highest BCUT2D eigenvalue weighted by Gasteiger charge is 2.19. The van der Waals surface area contributed by atoms with Crippen molar-refractivity contribution in [1.82, 2.24) is 4.90 Å². The number of hydrogen-bond donors (Lipinski definition) is 1. The van der Waals surface area contributed by atoms with Gasteiger partial charge in [0, 0.05) is 26.2 Å². The smallest absolute Gasteiger partial charge is 0.120 e. The molecule has 18 heavy (non-hydrogen) atoms. The highest BCUT2D eigenvalue weighted by Crippen LogP contribution is 2.21. The summed E-state index contributed by atoms with van der Waals surface area (Å²) >= 11 is 0. The van der Waals surface area contributed by atoms with E-state index in [2.05, 4.69) is 36.9 Å². The van der Waals surface area contributed by atoms with Gasteiger partial charge in [-0.1, -0.05) is 6.07 Å². The van der Waals surface area contributed by atoms with E-state index in [1.807, 2.05) is 0 Å². The molecule has 3 heteroatoms. The molecule has 0 radical (unpaired) electrons. The van der Waals surface area contributed by atoms with Crippen LogP contribution in [0, 0.1) is 13.8 Å². The summed E-state index contributed by atoms with van der Waals surface area (Å²) < 4.78 is 6.06. The van der Waals surface area contributed by atoms with Gasteiger partial charge in [0.1, 0.15) is 11.9 Å². The molecular formula is C15H24N2O. The maximum Gasteiger partial charge on any atom is 0.120 e. The number of aryl methyl sites for hydroxylation is 2. The van der Waals surface area contributed by atoms with E-state index in [9.17, 15) is 0 Å². The van der Waals surface area contributed by atoms with Crippen LogP contribution in [0.3, 0.4) is 0 Å². The van der Waals surface area contributed by atoms with Crippen molar-refractivity contribution in [2.24, 2.45) is 5.73 Å². The summed E-state index contributed by atoms with van der Waals surface area (Å²) in [7, 11) is 0. The Morgan fingerprint density at radius 2 is 1.94 bits per heavy atom. The zero-order valence-electron chi connectivity index (χ0n) is 11.5. The Morgan fingerprint density at radius 1 is 1.22 bits per heavy atom. The van der Waals surface area contributed by atoms with Gasteiger partial charge in [-0.05, 0) is 49.9 Å². The largest absolute Gasteiger partial charge is 0.490 e. The molecule has 100 valence electrons. The summed E-state index contributed by atoms with van der Waals surface area (Å²) in [4.78, 5) is 2.42. The maximum absolute atomic E-state index is 6.06. The summed E-state index contributed by atoms with van der Waals surface area (Å²) in [5.74, 6) is 1.01. The third-order valence-electron chi connectivity index (χ3n) is 3.76. The number of nitrogens with zero attached hydrogens (tertiary/aromatic N) is 1. The van der Waals surface area contributed by atoms with E-state index < -0.39 is 0 Å². The lowest BCUT2D eigenvalue weighted by atomic mass is 10.1. The van der Waals surface area contributed by atoms with Crippen LogP contribution < -0.4 is 10.5 Å². The van der Waals surface area contributed by atoms with E-state index in [0.29, 0.717) is 6.10 Å². The molecule has 3 nitrogen and oxygen atoms in total. The number of nitrogens with two attached hydrogens (primary N) is 1. The van der Waals surface area contributed by atoms with Crippen molar-refractivity contribution in [1.29, 1.82) is 0 Å². The van der Waals surface area contributed by atoms with Crippen molar-refractivity contribution in [2.45, 2.75) is 32.8 Å². The summed E-state index contributed by atoms with van der Waals surface area (Å²) in [6, 6.07) is 6.35. The van der Waals surface area contributed by atoms with Crippen molar-refractivity contribution in [2.75, 3.05) is 26.2 Å². The minimum absolute atomic E-state index is 0.362. The normalized spacial score (nSPS) is 17.9. The first-order valence-electron chi connectivity index (χ1n) is 6.85. The van der Waals surface area contributed by atoms with Gasteiger partial charge in [-0.25, -0.2) is 0 Å². The Labute approximate surface area is 110 Å². The molecule has 1 aromatic rings. The van der Waals surface area contributed by atoms with Crippen LogP contribution in [0.4, 0.5) is 0 Å². The predicted octanol–water partition coefficient (Wildman–Crippen LogP) is 2.11. The van der Waals surface area contributed by atoms with E-state index in [1.54, 1.807) is 0 Å². The van der Waals surface area contributed by atoms with Crippen LogP contribution in [0.5, 0.6) is 5.75 Å². The fraction of sp³-hybridized carbons (Fsp3) is 0.600. The zero-order chi connectivity index (χ0) is 13.0. The second-order valence-corrected chi connectivity index (χ2v) is 5.19. The lowest BCUT2D eigenvalue weighted by Crippen LogP contribution is -2.40. The van der Waals surface area contributed by atoms with Crippen molar-refractivity contribution >= 4 is 0 Å². The van der Waals surface area contributed by atoms with Gasteiger partial charge >= 0.3 is 0 Å². The second-order valence-electron chi connectivity index (χ2n) is 5.19. The van der Waals surface area contributed by atoms with Gasteiger partial charge in [0.25, 0.3) is 0 Å². The topological polar surface area (TPSA) is 38.5 Å². The van der Waals surface area contributed by atoms with Gasteiger partial charge in [0.2, 0.25) is 0 Å². The first kappa shape index (κ1) is 13.4. The molecule has 0 atom stereocenters. The van der Waals surface area contributed by atoms with Gasteiger partial charge in [-0.15, -0.1) is 0 Å². The van der Waals surface area contributed by atoms with E-state index in [4.69, 9.17) is 10.5 Å². The molecule has 0 bridgehead atoms. The number of ether oxygens (including phenoxy) is 1.